The molecule has 0 amide bonds. The topological polar surface area (TPSA) is 74.2 Å². The number of benzene rings is 2. The van der Waals surface area contributed by atoms with E-state index in [4.69, 9.17) is 18.9 Å². The predicted molar refractivity (Wildman–Crippen MR) is 103 cm³/mol. The summed E-state index contributed by atoms with van der Waals surface area (Å²) >= 11 is 0. The van der Waals surface area contributed by atoms with Crippen molar-refractivity contribution in [2.24, 2.45) is 0 Å². The molecule has 0 aromatic heterocycles. The molecule has 2 aromatic carbocycles. The Morgan fingerprint density at radius 3 is 2.22 bits per heavy atom. The zero-order chi connectivity index (χ0) is 20.0. The van der Waals surface area contributed by atoms with Crippen LogP contribution in [0.3, 0.4) is 0 Å². The molecule has 2 rings (SSSR count). The number of ketones is 1. The molecule has 0 fully saturated rings. The zero-order valence-electron chi connectivity index (χ0n) is 16.2. The van der Waals surface area contributed by atoms with Gasteiger partial charge < -0.3 is 24.1 Å². The molecule has 0 aliphatic heterocycles. The maximum atomic E-state index is 12.8. The van der Waals surface area contributed by atoms with Crippen LogP contribution in [0.5, 0.6) is 23.0 Å². The first kappa shape index (κ1) is 20.3. The van der Waals surface area contributed by atoms with Crippen molar-refractivity contribution in [1.82, 2.24) is 0 Å². The molecule has 0 saturated carbocycles. The molecule has 1 N–H and O–H groups in total. The number of phenolic OH excluding ortho intramolecular Hbond substituents is 1. The van der Waals surface area contributed by atoms with Gasteiger partial charge in [-0.2, -0.15) is 0 Å². The highest BCUT2D eigenvalue weighted by molar-refractivity contribution is 6.11. The van der Waals surface area contributed by atoms with Gasteiger partial charge in [0.25, 0.3) is 0 Å². The SMILES string of the molecule is COCOc1c(C)c(O)c(C(=O)/C=C/c2ccc(OC)cc2)c(OC)c1C. The van der Waals surface area contributed by atoms with Crippen LogP contribution in [0.4, 0.5) is 0 Å². The summed E-state index contributed by atoms with van der Waals surface area (Å²) in [4.78, 5) is 12.8. The fourth-order valence-electron chi connectivity index (χ4n) is 2.76. The third-order valence-electron chi connectivity index (χ3n) is 4.16. The summed E-state index contributed by atoms with van der Waals surface area (Å²) in [5.41, 5.74) is 2.00. The van der Waals surface area contributed by atoms with Crippen LogP contribution >= 0.6 is 0 Å². The number of rotatable bonds is 8. The van der Waals surface area contributed by atoms with Gasteiger partial charge >= 0.3 is 0 Å². The lowest BCUT2D eigenvalue weighted by Crippen LogP contribution is -2.08. The van der Waals surface area contributed by atoms with Crippen molar-refractivity contribution in [1.29, 1.82) is 0 Å². The van der Waals surface area contributed by atoms with Gasteiger partial charge in [-0.1, -0.05) is 18.2 Å². The molecule has 2 aromatic rings. The predicted octanol–water partition coefficient (Wildman–Crippen LogP) is 3.91. The van der Waals surface area contributed by atoms with Gasteiger partial charge in [0.2, 0.25) is 0 Å². The first-order valence-corrected chi connectivity index (χ1v) is 8.32. The smallest absolute Gasteiger partial charge is 0.193 e. The summed E-state index contributed by atoms with van der Waals surface area (Å²) in [6.07, 6.45) is 3.06. The van der Waals surface area contributed by atoms with Crippen LogP contribution in [0.25, 0.3) is 6.08 Å². The molecule has 0 radical (unpaired) electrons. The van der Waals surface area contributed by atoms with Crippen molar-refractivity contribution >= 4 is 11.9 Å². The van der Waals surface area contributed by atoms with Gasteiger partial charge in [-0.05, 0) is 37.6 Å². The lowest BCUT2D eigenvalue weighted by atomic mass is 9.98. The molecule has 0 aliphatic rings. The fraction of sp³-hybridized carbons (Fsp3) is 0.286. The molecule has 0 aliphatic carbocycles. The molecule has 144 valence electrons. The summed E-state index contributed by atoms with van der Waals surface area (Å²) in [6.45, 7) is 3.46. The third-order valence-corrected chi connectivity index (χ3v) is 4.16. The monoisotopic (exact) mass is 372 g/mol. The number of carbonyl (C=O) groups is 1. The van der Waals surface area contributed by atoms with Crippen molar-refractivity contribution in [2.45, 2.75) is 13.8 Å². The van der Waals surface area contributed by atoms with Crippen molar-refractivity contribution in [3.8, 4) is 23.0 Å². The second-order valence-corrected chi connectivity index (χ2v) is 5.86. The Morgan fingerprint density at radius 1 is 1.00 bits per heavy atom. The number of hydrogen-bond donors (Lipinski definition) is 1. The third kappa shape index (κ3) is 4.41. The first-order valence-electron chi connectivity index (χ1n) is 8.32. The number of methoxy groups -OCH3 is 3. The molecule has 0 saturated heterocycles. The molecular weight excluding hydrogens is 348 g/mol. The largest absolute Gasteiger partial charge is 0.507 e. The first-order chi connectivity index (χ1) is 12.9. The zero-order valence-corrected chi connectivity index (χ0v) is 16.2. The molecule has 0 heterocycles. The van der Waals surface area contributed by atoms with Gasteiger partial charge in [0, 0.05) is 18.2 Å². The lowest BCUT2D eigenvalue weighted by molar-refractivity contribution is 0.0497. The van der Waals surface area contributed by atoms with Crippen molar-refractivity contribution < 1.29 is 28.8 Å². The number of phenols is 1. The minimum Gasteiger partial charge on any atom is -0.507 e. The van der Waals surface area contributed by atoms with Crippen LogP contribution < -0.4 is 14.2 Å². The van der Waals surface area contributed by atoms with Crippen LogP contribution in [-0.2, 0) is 4.74 Å². The number of aromatic hydroxyl groups is 1. The quantitative estimate of drug-likeness (QED) is 0.430. The molecule has 6 nitrogen and oxygen atoms in total. The van der Waals surface area contributed by atoms with Gasteiger partial charge in [-0.15, -0.1) is 0 Å². The summed E-state index contributed by atoms with van der Waals surface area (Å²) < 4.78 is 20.9. The van der Waals surface area contributed by atoms with E-state index in [-0.39, 0.29) is 29.6 Å². The summed E-state index contributed by atoms with van der Waals surface area (Å²) in [5.74, 6) is 0.892. The van der Waals surface area contributed by atoms with E-state index in [1.165, 1.54) is 20.3 Å². The van der Waals surface area contributed by atoms with E-state index in [2.05, 4.69) is 0 Å². The Bertz CT molecular complexity index is 837. The number of allylic oxidation sites excluding steroid dienone is 1. The molecule has 0 spiro atoms. The number of hydrogen-bond acceptors (Lipinski definition) is 6. The summed E-state index contributed by atoms with van der Waals surface area (Å²) in [7, 11) is 4.54. The minimum absolute atomic E-state index is 0.0228. The van der Waals surface area contributed by atoms with E-state index in [9.17, 15) is 9.90 Å². The summed E-state index contributed by atoms with van der Waals surface area (Å²) in [5, 5.41) is 10.6. The molecule has 0 atom stereocenters. The fourth-order valence-corrected chi connectivity index (χ4v) is 2.76. The maximum Gasteiger partial charge on any atom is 0.193 e. The highest BCUT2D eigenvalue weighted by Crippen LogP contribution is 2.42. The Balaban J connectivity index is 2.40. The average molecular weight is 372 g/mol. The van der Waals surface area contributed by atoms with E-state index < -0.39 is 0 Å². The molecule has 6 heteroatoms. The molecular formula is C21H24O6. The Hall–Kier alpha value is -2.99. The van der Waals surface area contributed by atoms with Gasteiger partial charge in [-0.25, -0.2) is 0 Å². The van der Waals surface area contributed by atoms with E-state index >= 15 is 0 Å². The second-order valence-electron chi connectivity index (χ2n) is 5.86. The molecule has 27 heavy (non-hydrogen) atoms. The standard InChI is InChI=1S/C21H24O6/c1-13-19(23)18(21(26-5)14(2)20(13)27-12-24-3)17(22)11-8-15-6-9-16(25-4)10-7-15/h6-11,23H,12H2,1-5H3/b11-8+. The van der Waals surface area contributed by atoms with E-state index in [1.807, 2.05) is 12.1 Å². The minimum atomic E-state index is -0.371. The van der Waals surface area contributed by atoms with Gasteiger partial charge in [0.15, 0.2) is 12.6 Å². The number of ether oxygens (including phenoxy) is 4. The average Bonchev–Trinajstić information content (AvgIpc) is 2.69. The van der Waals surface area contributed by atoms with Crippen LogP contribution in [0.2, 0.25) is 0 Å². The Labute approximate surface area is 158 Å². The summed E-state index contributed by atoms with van der Waals surface area (Å²) in [6, 6.07) is 7.27. The maximum absolute atomic E-state index is 12.8. The van der Waals surface area contributed by atoms with Crippen molar-refractivity contribution in [2.75, 3.05) is 28.1 Å². The van der Waals surface area contributed by atoms with Gasteiger partial charge in [-0.3, -0.25) is 4.79 Å². The van der Waals surface area contributed by atoms with Crippen LogP contribution in [-0.4, -0.2) is 39.0 Å². The van der Waals surface area contributed by atoms with E-state index in [0.717, 1.165) is 11.3 Å². The van der Waals surface area contributed by atoms with Gasteiger partial charge in [0.1, 0.15) is 28.6 Å². The van der Waals surface area contributed by atoms with Crippen molar-refractivity contribution in [3.05, 3.63) is 52.6 Å². The molecule has 0 bridgehead atoms. The van der Waals surface area contributed by atoms with Crippen LogP contribution in [0.1, 0.15) is 27.0 Å². The highest BCUT2D eigenvalue weighted by Gasteiger charge is 2.24. The second kappa shape index (κ2) is 9.09. The normalized spacial score (nSPS) is 10.9. The molecule has 0 unspecified atom stereocenters. The lowest BCUT2D eigenvalue weighted by Gasteiger charge is -2.18. The highest BCUT2D eigenvalue weighted by atomic mass is 16.7. The van der Waals surface area contributed by atoms with Crippen molar-refractivity contribution in [3.63, 3.8) is 0 Å². The van der Waals surface area contributed by atoms with E-state index in [0.29, 0.717) is 16.9 Å². The van der Waals surface area contributed by atoms with Crippen LogP contribution in [0, 0.1) is 13.8 Å². The van der Waals surface area contributed by atoms with E-state index in [1.54, 1.807) is 39.2 Å². The number of carbonyl (C=O) groups excluding carboxylic acids is 1. The Morgan fingerprint density at radius 2 is 1.67 bits per heavy atom. The van der Waals surface area contributed by atoms with Gasteiger partial charge in [0.05, 0.1) is 14.2 Å². The Kier molecular flexibility index (Phi) is 6.85. The van der Waals surface area contributed by atoms with Crippen LogP contribution in [0.15, 0.2) is 30.3 Å².